The molecule has 0 saturated carbocycles. The second-order valence-corrected chi connectivity index (χ2v) is 7.01. The van der Waals surface area contributed by atoms with Gasteiger partial charge in [0.05, 0.1) is 23.0 Å². The minimum Gasteiger partial charge on any atom is -0.390 e. The molecule has 0 bridgehead atoms. The van der Waals surface area contributed by atoms with Gasteiger partial charge in [0.2, 0.25) is 5.91 Å². The van der Waals surface area contributed by atoms with Crippen LogP contribution < -0.4 is 5.32 Å². The van der Waals surface area contributed by atoms with Gasteiger partial charge in [0.1, 0.15) is 5.82 Å². The van der Waals surface area contributed by atoms with Crippen molar-refractivity contribution in [2.45, 2.75) is 18.3 Å². The van der Waals surface area contributed by atoms with Gasteiger partial charge in [-0.2, -0.15) is 0 Å². The molecule has 0 radical (unpaired) electrons. The molecular formula is C19H17FN4O4S. The van der Waals surface area contributed by atoms with E-state index in [2.05, 4.69) is 10.3 Å². The number of nitro benzene ring substituents is 1. The minimum atomic E-state index is -0.513. The predicted molar refractivity (Wildman–Crippen MR) is 106 cm³/mol. The molecule has 3 rings (SSSR count). The average Bonchev–Trinajstić information content (AvgIpc) is 3.10. The maximum Gasteiger partial charge on any atom is 0.269 e. The van der Waals surface area contributed by atoms with Crippen LogP contribution in [0, 0.1) is 15.9 Å². The topological polar surface area (TPSA) is 110 Å². The number of anilines is 1. The Kier molecular flexibility index (Phi) is 6.57. The quantitative estimate of drug-likeness (QED) is 0.331. The Hall–Kier alpha value is -3.24. The molecule has 150 valence electrons. The number of thioether (sulfide) groups is 1. The standard InChI is InChI=1S/C19H17FN4O4S/c20-14-3-1-13(2-4-14)9-23-10-16(11-25)22-19(23)29-12-18(26)21-15-5-7-17(8-6-15)24(27)28/h1-8,10,25H,9,11-12H2,(H,21,26). The summed E-state index contributed by atoms with van der Waals surface area (Å²) in [6.45, 7) is 0.179. The monoisotopic (exact) mass is 416 g/mol. The van der Waals surface area contributed by atoms with Crippen LogP contribution in [0.25, 0.3) is 0 Å². The van der Waals surface area contributed by atoms with Crippen molar-refractivity contribution < 1.29 is 19.2 Å². The Bertz CT molecular complexity index is 1010. The minimum absolute atomic E-state index is 0.0578. The highest BCUT2D eigenvalue weighted by molar-refractivity contribution is 7.99. The van der Waals surface area contributed by atoms with Gasteiger partial charge in [-0.1, -0.05) is 23.9 Å². The van der Waals surface area contributed by atoms with Gasteiger partial charge in [-0.3, -0.25) is 14.9 Å². The Labute approximate surface area is 169 Å². The van der Waals surface area contributed by atoms with Crippen LogP contribution in [0.2, 0.25) is 0 Å². The van der Waals surface area contributed by atoms with E-state index in [1.807, 2.05) is 0 Å². The molecule has 0 saturated heterocycles. The van der Waals surface area contributed by atoms with Crippen LogP contribution in [0.4, 0.5) is 15.8 Å². The number of nitrogens with zero attached hydrogens (tertiary/aromatic N) is 3. The molecule has 0 unspecified atom stereocenters. The van der Waals surface area contributed by atoms with E-state index in [1.54, 1.807) is 22.9 Å². The average molecular weight is 416 g/mol. The lowest BCUT2D eigenvalue weighted by Crippen LogP contribution is -2.14. The summed E-state index contributed by atoms with van der Waals surface area (Å²) in [5, 5.41) is 23.2. The summed E-state index contributed by atoms with van der Waals surface area (Å²) in [5.74, 6) is -0.568. The van der Waals surface area contributed by atoms with Crippen molar-refractivity contribution >= 4 is 29.0 Å². The summed E-state index contributed by atoms with van der Waals surface area (Å²) in [6.07, 6.45) is 1.68. The van der Waals surface area contributed by atoms with Gasteiger partial charge in [-0.15, -0.1) is 0 Å². The van der Waals surface area contributed by atoms with E-state index in [1.165, 1.54) is 48.2 Å². The lowest BCUT2D eigenvalue weighted by atomic mass is 10.2. The van der Waals surface area contributed by atoms with Crippen molar-refractivity contribution in [3.05, 3.63) is 81.9 Å². The molecule has 2 aromatic carbocycles. The molecule has 0 spiro atoms. The molecule has 0 aliphatic rings. The number of halogens is 1. The zero-order valence-electron chi connectivity index (χ0n) is 15.1. The summed E-state index contributed by atoms with van der Waals surface area (Å²) in [4.78, 5) is 26.6. The lowest BCUT2D eigenvalue weighted by molar-refractivity contribution is -0.384. The van der Waals surface area contributed by atoms with E-state index < -0.39 is 4.92 Å². The van der Waals surface area contributed by atoms with Gasteiger partial charge in [0.15, 0.2) is 5.16 Å². The normalized spacial score (nSPS) is 10.7. The smallest absolute Gasteiger partial charge is 0.269 e. The van der Waals surface area contributed by atoms with Crippen molar-refractivity contribution in [2.75, 3.05) is 11.1 Å². The van der Waals surface area contributed by atoms with Crippen molar-refractivity contribution in [2.24, 2.45) is 0 Å². The van der Waals surface area contributed by atoms with Gasteiger partial charge in [0, 0.05) is 30.6 Å². The summed E-state index contributed by atoms with van der Waals surface area (Å²) in [6, 6.07) is 11.6. The van der Waals surface area contributed by atoms with Gasteiger partial charge in [-0.25, -0.2) is 9.37 Å². The van der Waals surface area contributed by atoms with E-state index >= 15 is 0 Å². The molecule has 3 aromatic rings. The number of imidazole rings is 1. The third-order valence-electron chi connectivity index (χ3n) is 3.91. The van der Waals surface area contributed by atoms with E-state index in [0.717, 1.165) is 5.56 Å². The third kappa shape index (κ3) is 5.62. The van der Waals surface area contributed by atoms with Crippen molar-refractivity contribution in [1.29, 1.82) is 0 Å². The fraction of sp³-hybridized carbons (Fsp3) is 0.158. The van der Waals surface area contributed by atoms with Gasteiger partial charge >= 0.3 is 0 Å². The fourth-order valence-electron chi connectivity index (χ4n) is 2.54. The molecular weight excluding hydrogens is 399 g/mol. The molecule has 29 heavy (non-hydrogen) atoms. The zero-order chi connectivity index (χ0) is 20.8. The number of aliphatic hydroxyl groups excluding tert-OH is 1. The number of hydrogen-bond acceptors (Lipinski definition) is 6. The first kappa shape index (κ1) is 20.5. The van der Waals surface area contributed by atoms with Crippen molar-refractivity contribution in [1.82, 2.24) is 9.55 Å². The molecule has 1 heterocycles. The van der Waals surface area contributed by atoms with E-state index in [4.69, 9.17) is 0 Å². The lowest BCUT2D eigenvalue weighted by Gasteiger charge is -2.08. The number of non-ortho nitro benzene ring substituents is 1. The van der Waals surface area contributed by atoms with E-state index in [9.17, 15) is 24.4 Å². The Morgan fingerprint density at radius 3 is 2.52 bits per heavy atom. The number of aliphatic hydroxyl groups is 1. The number of aromatic nitrogens is 2. The van der Waals surface area contributed by atoms with Crippen molar-refractivity contribution in [3.8, 4) is 0 Å². The van der Waals surface area contributed by atoms with Gasteiger partial charge in [0.25, 0.3) is 5.69 Å². The highest BCUT2D eigenvalue weighted by atomic mass is 32.2. The van der Waals surface area contributed by atoms with Gasteiger partial charge < -0.3 is 15.0 Å². The largest absolute Gasteiger partial charge is 0.390 e. The van der Waals surface area contributed by atoms with Crippen LogP contribution in [0.5, 0.6) is 0 Å². The Balaban J connectivity index is 1.63. The Morgan fingerprint density at radius 1 is 1.21 bits per heavy atom. The van der Waals surface area contributed by atoms with Crippen LogP contribution in [0.1, 0.15) is 11.3 Å². The third-order valence-corrected chi connectivity index (χ3v) is 4.90. The van der Waals surface area contributed by atoms with Crippen LogP contribution >= 0.6 is 11.8 Å². The molecule has 0 atom stereocenters. The number of rotatable bonds is 8. The molecule has 1 aromatic heterocycles. The van der Waals surface area contributed by atoms with Crippen molar-refractivity contribution in [3.63, 3.8) is 0 Å². The second kappa shape index (κ2) is 9.30. The zero-order valence-corrected chi connectivity index (χ0v) is 15.9. The molecule has 0 aliphatic carbocycles. The molecule has 8 nitrogen and oxygen atoms in total. The molecule has 10 heteroatoms. The SMILES string of the molecule is O=C(CSc1nc(CO)cn1Cc1ccc(F)cc1)Nc1ccc([N+](=O)[O-])cc1. The summed E-state index contributed by atoms with van der Waals surface area (Å²) >= 11 is 1.19. The molecule has 1 amide bonds. The number of amides is 1. The van der Waals surface area contributed by atoms with E-state index in [-0.39, 0.29) is 29.8 Å². The molecule has 0 aliphatic heterocycles. The number of benzene rings is 2. The maximum atomic E-state index is 13.1. The van der Waals surface area contributed by atoms with Crippen LogP contribution in [-0.4, -0.2) is 31.2 Å². The van der Waals surface area contributed by atoms with E-state index in [0.29, 0.717) is 23.1 Å². The fourth-order valence-corrected chi connectivity index (χ4v) is 3.33. The van der Waals surface area contributed by atoms with Crippen LogP contribution in [0.3, 0.4) is 0 Å². The van der Waals surface area contributed by atoms with Crippen LogP contribution in [-0.2, 0) is 17.9 Å². The molecule has 0 fully saturated rings. The van der Waals surface area contributed by atoms with Gasteiger partial charge in [-0.05, 0) is 29.8 Å². The molecule has 2 N–H and O–H groups in total. The first-order chi connectivity index (χ1) is 13.9. The number of nitro groups is 1. The summed E-state index contributed by atoms with van der Waals surface area (Å²) in [7, 11) is 0. The van der Waals surface area contributed by atoms with Crippen LogP contribution in [0.15, 0.2) is 59.9 Å². The number of carbonyl (C=O) groups excluding carboxylic acids is 1. The number of hydrogen-bond donors (Lipinski definition) is 2. The first-order valence-corrected chi connectivity index (χ1v) is 9.51. The second-order valence-electron chi connectivity index (χ2n) is 6.07. The predicted octanol–water partition coefficient (Wildman–Crippen LogP) is 3.20. The first-order valence-electron chi connectivity index (χ1n) is 8.53. The highest BCUT2D eigenvalue weighted by Gasteiger charge is 2.12. The summed E-state index contributed by atoms with van der Waals surface area (Å²) in [5.41, 5.74) is 1.71. The summed E-state index contributed by atoms with van der Waals surface area (Å²) < 4.78 is 14.9. The number of nitrogens with one attached hydrogen (secondary N) is 1. The maximum absolute atomic E-state index is 13.1. The highest BCUT2D eigenvalue weighted by Crippen LogP contribution is 2.21. The number of carbonyl (C=O) groups is 1. The Morgan fingerprint density at radius 2 is 1.90 bits per heavy atom.